The Hall–Kier alpha value is -0.650. The fraction of sp³-hybridized carbons (Fsp3) is 0.308. The highest BCUT2D eigenvalue weighted by Gasteiger charge is 2.10. The summed E-state index contributed by atoms with van der Waals surface area (Å²) < 4.78 is 3.71. The molecular formula is C13H14Br2N2O. The monoisotopic (exact) mass is 372 g/mol. The van der Waals surface area contributed by atoms with Crippen molar-refractivity contribution in [1.29, 1.82) is 0 Å². The van der Waals surface area contributed by atoms with E-state index in [2.05, 4.69) is 37.0 Å². The number of nitrogens with zero attached hydrogens (tertiary/aromatic N) is 2. The lowest BCUT2D eigenvalue weighted by Gasteiger charge is -2.11. The number of hydrogen-bond donors (Lipinski definition) is 1. The number of aromatic nitrogens is 2. The molecule has 1 unspecified atom stereocenters. The van der Waals surface area contributed by atoms with E-state index in [1.165, 1.54) is 0 Å². The summed E-state index contributed by atoms with van der Waals surface area (Å²) in [6.45, 7) is 0. The molecule has 1 atom stereocenters. The summed E-state index contributed by atoms with van der Waals surface area (Å²) in [5.74, 6) is 0. The van der Waals surface area contributed by atoms with Crippen molar-refractivity contribution in [3.05, 3.63) is 50.7 Å². The molecule has 0 fully saturated rings. The molecule has 18 heavy (non-hydrogen) atoms. The summed E-state index contributed by atoms with van der Waals surface area (Å²) in [5, 5.41) is 14.3. The van der Waals surface area contributed by atoms with Crippen LogP contribution in [-0.2, 0) is 13.5 Å². The number of benzene rings is 1. The van der Waals surface area contributed by atoms with E-state index >= 15 is 0 Å². The zero-order valence-electron chi connectivity index (χ0n) is 9.98. The van der Waals surface area contributed by atoms with E-state index in [0.717, 1.165) is 26.5 Å². The van der Waals surface area contributed by atoms with Gasteiger partial charge in [-0.1, -0.05) is 31.9 Å². The van der Waals surface area contributed by atoms with Crippen LogP contribution >= 0.6 is 31.9 Å². The molecule has 0 bridgehead atoms. The van der Waals surface area contributed by atoms with Gasteiger partial charge in [0.1, 0.15) is 0 Å². The summed E-state index contributed by atoms with van der Waals surface area (Å²) in [6, 6.07) is 5.84. The van der Waals surface area contributed by atoms with E-state index in [4.69, 9.17) is 0 Å². The Morgan fingerprint density at radius 1 is 1.28 bits per heavy atom. The van der Waals surface area contributed by atoms with Crippen molar-refractivity contribution in [1.82, 2.24) is 9.78 Å². The average Bonchev–Trinajstić information content (AvgIpc) is 2.70. The van der Waals surface area contributed by atoms with Crippen LogP contribution in [0.3, 0.4) is 0 Å². The predicted octanol–water partition coefficient (Wildman–Crippen LogP) is 3.61. The molecule has 0 aliphatic heterocycles. The minimum atomic E-state index is -0.459. The lowest BCUT2D eigenvalue weighted by Crippen LogP contribution is -1.99. The molecule has 1 heterocycles. The number of aliphatic hydroxyl groups excluding tert-OH is 1. The lowest BCUT2D eigenvalue weighted by atomic mass is 10.0. The van der Waals surface area contributed by atoms with Crippen molar-refractivity contribution < 1.29 is 5.11 Å². The minimum Gasteiger partial charge on any atom is -0.388 e. The summed E-state index contributed by atoms with van der Waals surface area (Å²) in [7, 11) is 1.89. The Kier molecular flexibility index (Phi) is 4.59. The van der Waals surface area contributed by atoms with Gasteiger partial charge >= 0.3 is 0 Å². The molecule has 0 amide bonds. The first-order chi connectivity index (χ1) is 8.54. The highest BCUT2D eigenvalue weighted by Crippen LogP contribution is 2.26. The molecule has 0 spiro atoms. The fourth-order valence-corrected chi connectivity index (χ4v) is 3.17. The number of aryl methyl sites for hydroxylation is 2. The molecule has 1 aromatic carbocycles. The van der Waals surface area contributed by atoms with E-state index in [1.54, 1.807) is 4.68 Å². The van der Waals surface area contributed by atoms with Gasteiger partial charge in [-0.15, -0.1) is 0 Å². The van der Waals surface area contributed by atoms with Crippen LogP contribution in [-0.4, -0.2) is 14.9 Å². The quantitative estimate of drug-likeness (QED) is 0.888. The number of halogens is 2. The van der Waals surface area contributed by atoms with Crippen LogP contribution in [0, 0.1) is 0 Å². The maximum absolute atomic E-state index is 10.2. The van der Waals surface area contributed by atoms with Gasteiger partial charge in [-0.25, -0.2) is 0 Å². The molecular weight excluding hydrogens is 360 g/mol. The third kappa shape index (κ3) is 3.67. The van der Waals surface area contributed by atoms with Gasteiger partial charge in [0, 0.05) is 22.2 Å². The van der Waals surface area contributed by atoms with E-state index < -0.39 is 6.10 Å². The van der Waals surface area contributed by atoms with E-state index in [1.807, 2.05) is 37.6 Å². The Bertz CT molecular complexity index is 519. The van der Waals surface area contributed by atoms with Crippen molar-refractivity contribution in [2.75, 3.05) is 0 Å². The first-order valence-corrected chi connectivity index (χ1v) is 7.25. The molecule has 0 aliphatic rings. The Morgan fingerprint density at radius 3 is 2.50 bits per heavy atom. The van der Waals surface area contributed by atoms with Crippen LogP contribution in [0.25, 0.3) is 0 Å². The molecule has 1 aromatic heterocycles. The molecule has 0 aliphatic carbocycles. The molecule has 2 rings (SSSR count). The number of rotatable bonds is 4. The van der Waals surface area contributed by atoms with Crippen LogP contribution in [0.2, 0.25) is 0 Å². The predicted molar refractivity (Wildman–Crippen MR) is 78.3 cm³/mol. The average molecular weight is 374 g/mol. The third-order valence-electron chi connectivity index (χ3n) is 2.73. The molecule has 5 heteroatoms. The second-order valence-corrected chi connectivity index (χ2v) is 6.11. The topological polar surface area (TPSA) is 38.0 Å². The lowest BCUT2D eigenvalue weighted by molar-refractivity contribution is 0.167. The standard InChI is InChI=1S/C13H14Br2N2O/c1-17-8-9(7-16-17)2-3-13(18)10-4-11(14)6-12(15)5-10/h4-8,13,18H,2-3H2,1H3. The van der Waals surface area contributed by atoms with Crippen LogP contribution < -0.4 is 0 Å². The van der Waals surface area contributed by atoms with Gasteiger partial charge in [-0.3, -0.25) is 4.68 Å². The highest BCUT2D eigenvalue weighted by atomic mass is 79.9. The zero-order valence-corrected chi connectivity index (χ0v) is 13.1. The molecule has 1 N–H and O–H groups in total. The highest BCUT2D eigenvalue weighted by molar-refractivity contribution is 9.11. The smallest absolute Gasteiger partial charge is 0.0794 e. The largest absolute Gasteiger partial charge is 0.388 e. The molecule has 96 valence electrons. The van der Waals surface area contributed by atoms with Crippen LogP contribution in [0.1, 0.15) is 23.7 Å². The number of hydrogen-bond acceptors (Lipinski definition) is 2. The fourth-order valence-electron chi connectivity index (χ4n) is 1.84. The van der Waals surface area contributed by atoms with Crippen molar-refractivity contribution >= 4 is 31.9 Å². The van der Waals surface area contributed by atoms with Crippen molar-refractivity contribution in [3.63, 3.8) is 0 Å². The first-order valence-electron chi connectivity index (χ1n) is 5.66. The SMILES string of the molecule is Cn1cc(CCC(O)c2cc(Br)cc(Br)c2)cn1. The van der Waals surface area contributed by atoms with Gasteiger partial charge < -0.3 is 5.11 Å². The molecule has 0 saturated heterocycles. The summed E-state index contributed by atoms with van der Waals surface area (Å²) >= 11 is 6.85. The summed E-state index contributed by atoms with van der Waals surface area (Å²) in [4.78, 5) is 0. The zero-order chi connectivity index (χ0) is 13.1. The van der Waals surface area contributed by atoms with Crippen molar-refractivity contribution in [2.45, 2.75) is 18.9 Å². The van der Waals surface area contributed by atoms with E-state index in [-0.39, 0.29) is 0 Å². The first kappa shape index (κ1) is 13.8. The van der Waals surface area contributed by atoms with Crippen LogP contribution in [0.5, 0.6) is 0 Å². The van der Waals surface area contributed by atoms with E-state index in [9.17, 15) is 5.11 Å². The second kappa shape index (κ2) is 5.99. The van der Waals surface area contributed by atoms with Gasteiger partial charge in [-0.2, -0.15) is 5.10 Å². The summed E-state index contributed by atoms with van der Waals surface area (Å²) in [6.07, 6.45) is 4.86. The molecule has 0 radical (unpaired) electrons. The second-order valence-electron chi connectivity index (χ2n) is 4.28. The van der Waals surface area contributed by atoms with E-state index in [0.29, 0.717) is 6.42 Å². The maximum Gasteiger partial charge on any atom is 0.0794 e. The van der Waals surface area contributed by atoms with Crippen molar-refractivity contribution in [2.24, 2.45) is 7.05 Å². The Labute approximate surface area is 123 Å². The summed E-state index contributed by atoms with van der Waals surface area (Å²) in [5.41, 5.74) is 2.06. The van der Waals surface area contributed by atoms with Gasteiger partial charge in [0.25, 0.3) is 0 Å². The number of aliphatic hydroxyl groups is 1. The molecule has 3 nitrogen and oxygen atoms in total. The van der Waals surface area contributed by atoms with Gasteiger partial charge in [0.05, 0.1) is 12.3 Å². The van der Waals surface area contributed by atoms with Gasteiger partial charge in [0.2, 0.25) is 0 Å². The minimum absolute atomic E-state index is 0.459. The van der Waals surface area contributed by atoms with Crippen molar-refractivity contribution in [3.8, 4) is 0 Å². The molecule has 0 saturated carbocycles. The maximum atomic E-state index is 10.2. The normalized spacial score (nSPS) is 12.7. The van der Waals surface area contributed by atoms with Crippen LogP contribution in [0.4, 0.5) is 0 Å². The van der Waals surface area contributed by atoms with Crippen LogP contribution in [0.15, 0.2) is 39.5 Å². The molecule has 2 aromatic rings. The van der Waals surface area contributed by atoms with Gasteiger partial charge in [0.15, 0.2) is 0 Å². The van der Waals surface area contributed by atoms with Gasteiger partial charge in [-0.05, 0) is 42.2 Å². The Balaban J connectivity index is 2.01. The third-order valence-corrected chi connectivity index (χ3v) is 3.65. The Morgan fingerprint density at radius 2 is 1.94 bits per heavy atom.